The molecule has 1 aromatic carbocycles. The summed E-state index contributed by atoms with van der Waals surface area (Å²) in [6.07, 6.45) is 4.11. The zero-order valence-electron chi connectivity index (χ0n) is 13.3. The summed E-state index contributed by atoms with van der Waals surface area (Å²) in [6.45, 7) is 3.64. The molecule has 0 radical (unpaired) electrons. The summed E-state index contributed by atoms with van der Waals surface area (Å²) in [5.74, 6) is 0.584. The van der Waals surface area contributed by atoms with Crippen LogP contribution in [0, 0.1) is 5.92 Å². The molecular formula is C16H22N6O. The van der Waals surface area contributed by atoms with E-state index < -0.39 is 0 Å². The summed E-state index contributed by atoms with van der Waals surface area (Å²) in [5, 5.41) is 11.1. The molecule has 7 nitrogen and oxygen atoms in total. The normalized spacial score (nSPS) is 19.6. The summed E-state index contributed by atoms with van der Waals surface area (Å²) in [4.78, 5) is 14.4. The van der Waals surface area contributed by atoms with Gasteiger partial charge in [-0.3, -0.25) is 4.79 Å². The fourth-order valence-corrected chi connectivity index (χ4v) is 3.00. The summed E-state index contributed by atoms with van der Waals surface area (Å²) in [7, 11) is 0. The van der Waals surface area contributed by atoms with Gasteiger partial charge in [-0.25, -0.2) is 4.68 Å². The number of tetrazole rings is 1. The first kappa shape index (κ1) is 15.6. The minimum atomic E-state index is 0.140. The number of carbonyl (C=O) groups excluding carboxylic acids is 1. The van der Waals surface area contributed by atoms with E-state index in [0.717, 1.165) is 37.2 Å². The van der Waals surface area contributed by atoms with E-state index in [0.29, 0.717) is 12.3 Å². The topological polar surface area (TPSA) is 89.9 Å². The molecule has 1 aliphatic heterocycles. The van der Waals surface area contributed by atoms with Gasteiger partial charge in [0.15, 0.2) is 0 Å². The van der Waals surface area contributed by atoms with E-state index in [2.05, 4.69) is 15.5 Å². The zero-order valence-corrected chi connectivity index (χ0v) is 13.3. The first-order valence-corrected chi connectivity index (χ1v) is 7.99. The number of hydrogen-bond donors (Lipinski definition) is 1. The third kappa shape index (κ3) is 3.73. The molecule has 2 atom stereocenters. The minimum Gasteiger partial charge on any atom is -0.342 e. The number of aromatic nitrogens is 4. The average molecular weight is 314 g/mol. The van der Waals surface area contributed by atoms with E-state index in [-0.39, 0.29) is 11.9 Å². The number of piperidine rings is 1. The first-order chi connectivity index (χ1) is 11.1. The minimum absolute atomic E-state index is 0.140. The van der Waals surface area contributed by atoms with Crippen molar-refractivity contribution < 1.29 is 4.79 Å². The van der Waals surface area contributed by atoms with Crippen LogP contribution in [-0.2, 0) is 11.2 Å². The Morgan fingerprint density at radius 1 is 1.39 bits per heavy atom. The van der Waals surface area contributed by atoms with Crippen LogP contribution in [0.15, 0.2) is 30.6 Å². The molecule has 2 heterocycles. The maximum absolute atomic E-state index is 12.5. The molecule has 7 heteroatoms. The van der Waals surface area contributed by atoms with Crippen molar-refractivity contribution in [1.82, 2.24) is 25.1 Å². The third-order valence-electron chi connectivity index (χ3n) is 4.46. The van der Waals surface area contributed by atoms with Crippen molar-refractivity contribution in [2.45, 2.75) is 32.2 Å². The highest BCUT2D eigenvalue weighted by atomic mass is 16.2. The van der Waals surface area contributed by atoms with Crippen LogP contribution in [0.1, 0.15) is 25.3 Å². The van der Waals surface area contributed by atoms with Gasteiger partial charge < -0.3 is 10.6 Å². The van der Waals surface area contributed by atoms with Gasteiger partial charge in [-0.05, 0) is 53.8 Å². The molecule has 1 saturated heterocycles. The van der Waals surface area contributed by atoms with Crippen LogP contribution in [0.25, 0.3) is 5.69 Å². The predicted octanol–water partition coefficient (Wildman–Crippen LogP) is 0.791. The molecule has 23 heavy (non-hydrogen) atoms. The van der Waals surface area contributed by atoms with Crippen molar-refractivity contribution in [2.24, 2.45) is 11.7 Å². The number of amides is 1. The molecule has 2 aromatic rings. The molecular weight excluding hydrogens is 292 g/mol. The quantitative estimate of drug-likeness (QED) is 0.901. The van der Waals surface area contributed by atoms with Gasteiger partial charge in [-0.1, -0.05) is 12.1 Å². The molecule has 2 N–H and O–H groups in total. The van der Waals surface area contributed by atoms with E-state index in [1.807, 2.05) is 36.1 Å². The fourth-order valence-electron chi connectivity index (χ4n) is 3.00. The van der Waals surface area contributed by atoms with Crippen LogP contribution in [-0.4, -0.2) is 50.1 Å². The molecule has 1 fully saturated rings. The highest BCUT2D eigenvalue weighted by Crippen LogP contribution is 2.19. The molecule has 1 aromatic heterocycles. The van der Waals surface area contributed by atoms with Gasteiger partial charge in [-0.2, -0.15) is 0 Å². The smallest absolute Gasteiger partial charge is 0.226 e. The predicted molar refractivity (Wildman–Crippen MR) is 85.8 cm³/mol. The van der Waals surface area contributed by atoms with Gasteiger partial charge in [0, 0.05) is 19.1 Å². The van der Waals surface area contributed by atoms with Crippen molar-refractivity contribution in [2.75, 3.05) is 13.1 Å². The monoisotopic (exact) mass is 314 g/mol. The molecule has 3 rings (SSSR count). The number of hydrogen-bond acceptors (Lipinski definition) is 5. The van der Waals surface area contributed by atoms with Crippen LogP contribution in [0.5, 0.6) is 0 Å². The highest BCUT2D eigenvalue weighted by molar-refractivity contribution is 5.79. The highest BCUT2D eigenvalue weighted by Gasteiger charge is 2.25. The molecule has 0 aliphatic carbocycles. The maximum Gasteiger partial charge on any atom is 0.226 e. The summed E-state index contributed by atoms with van der Waals surface area (Å²) < 4.78 is 1.59. The van der Waals surface area contributed by atoms with E-state index >= 15 is 0 Å². The van der Waals surface area contributed by atoms with Gasteiger partial charge >= 0.3 is 0 Å². The van der Waals surface area contributed by atoms with Crippen LogP contribution in [0.3, 0.4) is 0 Å². The van der Waals surface area contributed by atoms with Gasteiger partial charge in [0.25, 0.3) is 0 Å². The van der Waals surface area contributed by atoms with Crippen LogP contribution >= 0.6 is 0 Å². The fraction of sp³-hybridized carbons (Fsp3) is 0.500. The standard InChI is InChI=1S/C16H22N6O/c1-12(17)14-3-2-8-21(10-14)16(23)9-13-4-6-15(7-5-13)22-11-18-19-20-22/h4-7,11-12,14H,2-3,8-10,17H2,1H3/t12-,14-/m1/s1. The molecule has 1 aliphatic rings. The van der Waals surface area contributed by atoms with E-state index in [9.17, 15) is 4.79 Å². The van der Waals surface area contributed by atoms with Crippen LogP contribution < -0.4 is 5.73 Å². The Bertz CT molecular complexity index is 637. The number of nitrogens with two attached hydrogens (primary N) is 1. The summed E-state index contributed by atoms with van der Waals surface area (Å²) >= 11 is 0. The van der Waals surface area contributed by atoms with Crippen LogP contribution in [0.4, 0.5) is 0 Å². The van der Waals surface area contributed by atoms with Crippen molar-refractivity contribution >= 4 is 5.91 Å². The largest absolute Gasteiger partial charge is 0.342 e. The molecule has 122 valence electrons. The SMILES string of the molecule is C[C@@H](N)[C@@H]1CCCN(C(=O)Cc2ccc(-n3cnnn3)cc2)C1. The Balaban J connectivity index is 1.61. The number of nitrogens with zero attached hydrogens (tertiary/aromatic N) is 5. The van der Waals surface area contributed by atoms with Gasteiger partial charge in [0.05, 0.1) is 12.1 Å². The Kier molecular flexibility index (Phi) is 4.66. The summed E-state index contributed by atoms with van der Waals surface area (Å²) in [6, 6.07) is 7.87. The van der Waals surface area contributed by atoms with Gasteiger partial charge in [-0.15, -0.1) is 5.10 Å². The number of carbonyl (C=O) groups is 1. The molecule has 0 spiro atoms. The van der Waals surface area contributed by atoms with E-state index in [1.54, 1.807) is 11.0 Å². The van der Waals surface area contributed by atoms with Crippen molar-refractivity contribution in [1.29, 1.82) is 0 Å². The Labute approximate surface area is 135 Å². The lowest BCUT2D eigenvalue weighted by Crippen LogP contribution is -2.45. The molecule has 0 unspecified atom stereocenters. The lowest BCUT2D eigenvalue weighted by molar-refractivity contribution is -0.132. The second-order valence-corrected chi connectivity index (χ2v) is 6.20. The van der Waals surface area contributed by atoms with Gasteiger partial charge in [0.1, 0.15) is 6.33 Å². The van der Waals surface area contributed by atoms with Crippen LogP contribution in [0.2, 0.25) is 0 Å². The number of likely N-dealkylation sites (tertiary alicyclic amines) is 1. The number of rotatable bonds is 4. The van der Waals surface area contributed by atoms with Crippen molar-refractivity contribution in [3.05, 3.63) is 36.2 Å². The zero-order chi connectivity index (χ0) is 16.2. The third-order valence-corrected chi connectivity index (χ3v) is 4.46. The number of benzene rings is 1. The second-order valence-electron chi connectivity index (χ2n) is 6.20. The lowest BCUT2D eigenvalue weighted by atomic mass is 9.92. The lowest BCUT2D eigenvalue weighted by Gasteiger charge is -2.34. The average Bonchev–Trinajstić information content (AvgIpc) is 3.10. The van der Waals surface area contributed by atoms with Crippen molar-refractivity contribution in [3.63, 3.8) is 0 Å². The Morgan fingerprint density at radius 3 is 2.83 bits per heavy atom. The molecule has 0 bridgehead atoms. The molecule has 1 amide bonds. The van der Waals surface area contributed by atoms with Gasteiger partial charge in [0.2, 0.25) is 5.91 Å². The first-order valence-electron chi connectivity index (χ1n) is 7.99. The molecule has 0 saturated carbocycles. The second kappa shape index (κ2) is 6.87. The summed E-state index contributed by atoms with van der Waals surface area (Å²) in [5.41, 5.74) is 7.86. The van der Waals surface area contributed by atoms with E-state index in [1.165, 1.54) is 0 Å². The maximum atomic E-state index is 12.5. The Hall–Kier alpha value is -2.28. The van der Waals surface area contributed by atoms with Crippen molar-refractivity contribution in [3.8, 4) is 5.69 Å². The Morgan fingerprint density at radius 2 is 2.17 bits per heavy atom. The van der Waals surface area contributed by atoms with E-state index in [4.69, 9.17) is 5.73 Å².